The maximum atomic E-state index is 10.9. The van der Waals surface area contributed by atoms with E-state index in [0.29, 0.717) is 36.9 Å². The van der Waals surface area contributed by atoms with E-state index in [2.05, 4.69) is 0 Å². The molecule has 0 radical (unpaired) electrons. The molecule has 1 rings (SSSR count). The molecule has 3 N–H and O–H groups in total. The Kier molecular flexibility index (Phi) is 6.83. The van der Waals surface area contributed by atoms with E-state index in [4.69, 9.17) is 25.1 Å². The van der Waals surface area contributed by atoms with Gasteiger partial charge in [0.05, 0.1) is 13.7 Å². The van der Waals surface area contributed by atoms with Crippen LogP contribution in [0.4, 0.5) is 0 Å². The second-order valence-electron chi connectivity index (χ2n) is 4.14. The average Bonchev–Trinajstić information content (AvgIpc) is 2.44. The predicted octanol–water partition coefficient (Wildman–Crippen LogP) is 1.06. The standard InChI is InChI=1S/C14H21NO5/c1-3-19-7-8-20-13-10(9-11(15)14(16)17)5-4-6-12(13)18-2/h4-6,11H,3,7-9,15H2,1-2H3,(H,16,17). The number of rotatable bonds is 9. The van der Waals surface area contributed by atoms with Crippen LogP contribution in [0, 0.1) is 0 Å². The van der Waals surface area contributed by atoms with Crippen LogP contribution in [0.5, 0.6) is 11.5 Å². The lowest BCUT2D eigenvalue weighted by Gasteiger charge is -2.16. The zero-order chi connectivity index (χ0) is 15.0. The molecular formula is C14H21NO5. The summed E-state index contributed by atoms with van der Waals surface area (Å²) in [7, 11) is 1.53. The molecule has 0 amide bonds. The summed E-state index contributed by atoms with van der Waals surface area (Å²) < 4.78 is 16.1. The lowest BCUT2D eigenvalue weighted by molar-refractivity contribution is -0.138. The van der Waals surface area contributed by atoms with Crippen molar-refractivity contribution < 1.29 is 24.1 Å². The molecule has 1 unspecified atom stereocenters. The second kappa shape index (κ2) is 8.39. The van der Waals surface area contributed by atoms with Crippen LogP contribution in [0.25, 0.3) is 0 Å². The third-order valence-corrected chi connectivity index (χ3v) is 2.72. The summed E-state index contributed by atoms with van der Waals surface area (Å²) in [6.07, 6.45) is 0.177. The minimum Gasteiger partial charge on any atom is -0.493 e. The quantitative estimate of drug-likeness (QED) is 0.659. The Morgan fingerprint density at radius 1 is 1.40 bits per heavy atom. The summed E-state index contributed by atoms with van der Waals surface area (Å²) >= 11 is 0. The highest BCUT2D eigenvalue weighted by atomic mass is 16.5. The van der Waals surface area contributed by atoms with Gasteiger partial charge in [-0.2, -0.15) is 0 Å². The molecule has 0 aliphatic carbocycles. The zero-order valence-electron chi connectivity index (χ0n) is 11.8. The summed E-state index contributed by atoms with van der Waals surface area (Å²) in [4.78, 5) is 10.9. The molecule has 6 heteroatoms. The van der Waals surface area contributed by atoms with E-state index < -0.39 is 12.0 Å². The van der Waals surface area contributed by atoms with Gasteiger partial charge >= 0.3 is 5.97 Å². The number of para-hydroxylation sites is 1. The van der Waals surface area contributed by atoms with Crippen LogP contribution in [0.1, 0.15) is 12.5 Å². The molecule has 1 aromatic rings. The van der Waals surface area contributed by atoms with Crippen LogP contribution in [0.3, 0.4) is 0 Å². The van der Waals surface area contributed by atoms with E-state index in [1.807, 2.05) is 6.92 Å². The van der Waals surface area contributed by atoms with Crippen LogP contribution >= 0.6 is 0 Å². The average molecular weight is 283 g/mol. The maximum absolute atomic E-state index is 10.9. The van der Waals surface area contributed by atoms with Gasteiger partial charge in [-0.3, -0.25) is 4.79 Å². The number of nitrogens with two attached hydrogens (primary N) is 1. The third kappa shape index (κ3) is 4.71. The fourth-order valence-corrected chi connectivity index (χ4v) is 1.72. The Bertz CT molecular complexity index is 436. The number of hydrogen-bond donors (Lipinski definition) is 2. The van der Waals surface area contributed by atoms with Gasteiger partial charge in [-0.15, -0.1) is 0 Å². The molecule has 20 heavy (non-hydrogen) atoms. The molecule has 0 saturated carbocycles. The first-order chi connectivity index (χ1) is 9.60. The SMILES string of the molecule is CCOCCOc1c(CC(N)C(=O)O)cccc1OC. The number of benzene rings is 1. The molecule has 1 atom stereocenters. The van der Waals surface area contributed by atoms with E-state index in [1.165, 1.54) is 7.11 Å². The van der Waals surface area contributed by atoms with Crippen LogP contribution in [-0.4, -0.2) is 44.0 Å². The molecule has 0 saturated heterocycles. The van der Waals surface area contributed by atoms with Crippen molar-refractivity contribution in [3.8, 4) is 11.5 Å². The normalized spacial score (nSPS) is 11.9. The third-order valence-electron chi connectivity index (χ3n) is 2.72. The summed E-state index contributed by atoms with van der Waals surface area (Å²) in [6.45, 7) is 3.34. The smallest absolute Gasteiger partial charge is 0.320 e. The van der Waals surface area contributed by atoms with Crippen LogP contribution in [0.2, 0.25) is 0 Å². The molecule has 0 spiro atoms. The Hall–Kier alpha value is -1.79. The first kappa shape index (κ1) is 16.3. The molecule has 0 aliphatic rings. The van der Waals surface area contributed by atoms with Gasteiger partial charge in [-0.1, -0.05) is 12.1 Å². The van der Waals surface area contributed by atoms with Crippen molar-refractivity contribution in [2.45, 2.75) is 19.4 Å². The number of carboxylic acids is 1. The van der Waals surface area contributed by atoms with Crippen molar-refractivity contribution in [3.63, 3.8) is 0 Å². The topological polar surface area (TPSA) is 91.0 Å². The summed E-state index contributed by atoms with van der Waals surface area (Å²) in [5, 5.41) is 8.89. The van der Waals surface area contributed by atoms with Crippen LogP contribution in [0.15, 0.2) is 18.2 Å². The van der Waals surface area contributed by atoms with Crippen LogP contribution < -0.4 is 15.2 Å². The fourth-order valence-electron chi connectivity index (χ4n) is 1.72. The Balaban J connectivity index is 2.83. The van der Waals surface area contributed by atoms with E-state index in [1.54, 1.807) is 18.2 Å². The summed E-state index contributed by atoms with van der Waals surface area (Å²) in [5.74, 6) is 0.0241. The molecule has 0 bridgehead atoms. The second-order valence-corrected chi connectivity index (χ2v) is 4.14. The molecule has 0 aromatic heterocycles. The lowest BCUT2D eigenvalue weighted by Crippen LogP contribution is -2.32. The van der Waals surface area contributed by atoms with Crippen molar-refractivity contribution in [2.75, 3.05) is 26.9 Å². The Labute approximate surface area is 118 Å². The Morgan fingerprint density at radius 3 is 2.75 bits per heavy atom. The predicted molar refractivity (Wildman–Crippen MR) is 74.3 cm³/mol. The maximum Gasteiger partial charge on any atom is 0.320 e. The lowest BCUT2D eigenvalue weighted by atomic mass is 10.1. The highest BCUT2D eigenvalue weighted by Crippen LogP contribution is 2.31. The largest absolute Gasteiger partial charge is 0.493 e. The highest BCUT2D eigenvalue weighted by molar-refractivity contribution is 5.73. The van der Waals surface area contributed by atoms with Crippen molar-refractivity contribution in [2.24, 2.45) is 5.73 Å². The molecular weight excluding hydrogens is 262 g/mol. The molecule has 0 fully saturated rings. The van der Waals surface area contributed by atoms with E-state index in [0.717, 1.165) is 0 Å². The van der Waals surface area contributed by atoms with Crippen molar-refractivity contribution in [3.05, 3.63) is 23.8 Å². The minimum atomic E-state index is -1.05. The summed E-state index contributed by atoms with van der Waals surface area (Å²) in [6, 6.07) is 4.34. The van der Waals surface area contributed by atoms with Gasteiger partial charge in [0.1, 0.15) is 12.6 Å². The van der Waals surface area contributed by atoms with Gasteiger partial charge in [-0.05, 0) is 13.0 Å². The fraction of sp³-hybridized carbons (Fsp3) is 0.500. The number of hydrogen-bond acceptors (Lipinski definition) is 5. The number of carbonyl (C=O) groups is 1. The van der Waals surface area contributed by atoms with Gasteiger partial charge in [0, 0.05) is 18.6 Å². The van der Waals surface area contributed by atoms with E-state index >= 15 is 0 Å². The van der Waals surface area contributed by atoms with Gasteiger partial charge in [-0.25, -0.2) is 0 Å². The van der Waals surface area contributed by atoms with Crippen molar-refractivity contribution in [1.82, 2.24) is 0 Å². The summed E-state index contributed by atoms with van der Waals surface area (Å²) in [5.41, 5.74) is 6.27. The first-order valence-corrected chi connectivity index (χ1v) is 6.45. The number of ether oxygens (including phenoxy) is 3. The molecule has 0 aliphatic heterocycles. The molecule has 1 aromatic carbocycles. The monoisotopic (exact) mass is 283 g/mol. The molecule has 112 valence electrons. The minimum absolute atomic E-state index is 0.177. The van der Waals surface area contributed by atoms with Crippen LogP contribution in [-0.2, 0) is 16.0 Å². The van der Waals surface area contributed by atoms with Gasteiger partial charge in [0.25, 0.3) is 0 Å². The van der Waals surface area contributed by atoms with E-state index in [-0.39, 0.29) is 6.42 Å². The number of aliphatic carboxylic acids is 1. The molecule has 0 heterocycles. The highest BCUT2D eigenvalue weighted by Gasteiger charge is 2.17. The van der Waals surface area contributed by atoms with Crippen molar-refractivity contribution in [1.29, 1.82) is 0 Å². The first-order valence-electron chi connectivity index (χ1n) is 6.45. The molecule has 6 nitrogen and oxygen atoms in total. The van der Waals surface area contributed by atoms with E-state index in [9.17, 15) is 4.79 Å². The van der Waals surface area contributed by atoms with Gasteiger partial charge in [0.2, 0.25) is 0 Å². The Morgan fingerprint density at radius 2 is 2.15 bits per heavy atom. The van der Waals surface area contributed by atoms with Gasteiger partial charge < -0.3 is 25.1 Å². The van der Waals surface area contributed by atoms with Gasteiger partial charge in [0.15, 0.2) is 11.5 Å². The van der Waals surface area contributed by atoms with Crippen molar-refractivity contribution >= 4 is 5.97 Å². The number of methoxy groups -OCH3 is 1. The zero-order valence-corrected chi connectivity index (χ0v) is 11.8. The number of carboxylic acid groups (broad SMARTS) is 1.